The second-order valence-corrected chi connectivity index (χ2v) is 5.58. The molecule has 3 nitrogen and oxygen atoms in total. The van der Waals surface area contributed by atoms with Crippen molar-refractivity contribution >= 4 is 15.9 Å². The lowest BCUT2D eigenvalue weighted by Gasteiger charge is -2.39. The van der Waals surface area contributed by atoms with E-state index < -0.39 is 0 Å². The molecule has 0 spiro atoms. The molecular weight excluding hydrogens is 306 g/mol. The van der Waals surface area contributed by atoms with Crippen molar-refractivity contribution in [3.05, 3.63) is 22.6 Å². The first-order chi connectivity index (χ1) is 9.15. The Labute approximate surface area is 125 Å². The van der Waals surface area contributed by atoms with E-state index in [-0.39, 0.29) is 11.6 Å². The van der Waals surface area contributed by atoms with E-state index in [4.69, 9.17) is 9.15 Å². The van der Waals surface area contributed by atoms with E-state index in [0.717, 1.165) is 36.0 Å². The zero-order valence-corrected chi connectivity index (χ0v) is 14.0. The van der Waals surface area contributed by atoms with Crippen LogP contribution in [0.4, 0.5) is 0 Å². The van der Waals surface area contributed by atoms with Gasteiger partial charge in [0.15, 0.2) is 0 Å². The quantitative estimate of drug-likeness (QED) is 0.713. The van der Waals surface area contributed by atoms with Gasteiger partial charge < -0.3 is 14.5 Å². The summed E-state index contributed by atoms with van der Waals surface area (Å²) in [7, 11) is 0. The molecule has 1 aromatic rings. The van der Waals surface area contributed by atoms with Crippen molar-refractivity contribution in [1.82, 2.24) is 5.32 Å². The van der Waals surface area contributed by atoms with Gasteiger partial charge >= 0.3 is 0 Å². The summed E-state index contributed by atoms with van der Waals surface area (Å²) < 4.78 is 12.8. The molecule has 0 fully saturated rings. The third kappa shape index (κ3) is 3.83. The van der Waals surface area contributed by atoms with E-state index in [1.807, 2.05) is 13.0 Å². The van der Waals surface area contributed by atoms with Gasteiger partial charge in [-0.25, -0.2) is 0 Å². The lowest BCUT2D eigenvalue weighted by Crippen LogP contribution is -2.45. The second kappa shape index (κ2) is 8.08. The summed E-state index contributed by atoms with van der Waals surface area (Å²) in [5.41, 5.74) is -0.218. The van der Waals surface area contributed by atoms with E-state index in [0.29, 0.717) is 6.61 Å². The van der Waals surface area contributed by atoms with E-state index in [1.165, 1.54) is 0 Å². The number of hydrogen-bond acceptors (Lipinski definition) is 3. The van der Waals surface area contributed by atoms with Crippen LogP contribution in [0, 0.1) is 0 Å². The zero-order chi connectivity index (χ0) is 14.3. The van der Waals surface area contributed by atoms with Crippen molar-refractivity contribution in [2.75, 3.05) is 13.2 Å². The molecule has 0 amide bonds. The van der Waals surface area contributed by atoms with Crippen molar-refractivity contribution in [3.63, 3.8) is 0 Å². The predicted octanol–water partition coefficient (Wildman–Crippen LogP) is 4.68. The van der Waals surface area contributed by atoms with Crippen LogP contribution in [0.2, 0.25) is 0 Å². The van der Waals surface area contributed by atoms with Gasteiger partial charge in [0.05, 0.1) is 22.4 Å². The summed E-state index contributed by atoms with van der Waals surface area (Å²) in [5, 5.41) is 3.59. The summed E-state index contributed by atoms with van der Waals surface area (Å²) in [6, 6.07) is 2.02. The number of halogens is 1. The third-order valence-electron chi connectivity index (χ3n) is 3.66. The van der Waals surface area contributed by atoms with Gasteiger partial charge in [-0.1, -0.05) is 20.8 Å². The summed E-state index contributed by atoms with van der Waals surface area (Å²) in [4.78, 5) is 0. The molecule has 1 rings (SSSR count). The molecule has 1 heterocycles. The Bertz CT molecular complexity index is 361. The Balaban J connectivity index is 3.09. The van der Waals surface area contributed by atoms with Gasteiger partial charge in [-0.2, -0.15) is 0 Å². The molecule has 4 heteroatoms. The normalized spacial score (nSPS) is 13.7. The topological polar surface area (TPSA) is 34.4 Å². The molecule has 1 unspecified atom stereocenters. The van der Waals surface area contributed by atoms with E-state index in [1.54, 1.807) is 6.26 Å². The summed E-state index contributed by atoms with van der Waals surface area (Å²) in [6.45, 7) is 10.2. The highest BCUT2D eigenvalue weighted by Gasteiger charge is 2.40. The minimum Gasteiger partial charge on any atom is -0.466 e. The molecule has 19 heavy (non-hydrogen) atoms. The Morgan fingerprint density at radius 3 is 2.42 bits per heavy atom. The first kappa shape index (κ1) is 16.7. The minimum absolute atomic E-state index is 0.0757. The number of hydrogen-bond donors (Lipinski definition) is 1. The standard InChI is InChI=1S/C15H26BrNO2/c1-5-10-17-14(13-12(16)9-11-18-13)15(6-2,7-3)19-8-4/h9,11,14,17H,5-8,10H2,1-4H3. The molecule has 1 aromatic heterocycles. The Morgan fingerprint density at radius 2 is 2.00 bits per heavy atom. The van der Waals surface area contributed by atoms with Crippen LogP contribution in [0.5, 0.6) is 0 Å². The van der Waals surface area contributed by atoms with Gasteiger partial charge in [-0.3, -0.25) is 0 Å². The number of rotatable bonds is 9. The van der Waals surface area contributed by atoms with Crippen LogP contribution in [0.1, 0.15) is 58.8 Å². The maximum Gasteiger partial charge on any atom is 0.137 e. The molecule has 0 bridgehead atoms. The van der Waals surface area contributed by atoms with Gasteiger partial charge in [0.1, 0.15) is 5.76 Å². The lowest BCUT2D eigenvalue weighted by atomic mass is 9.86. The average Bonchev–Trinajstić information content (AvgIpc) is 2.84. The largest absolute Gasteiger partial charge is 0.466 e. The van der Waals surface area contributed by atoms with Gasteiger partial charge in [-0.15, -0.1) is 0 Å². The Kier molecular flexibility index (Phi) is 7.11. The fraction of sp³-hybridized carbons (Fsp3) is 0.733. The number of ether oxygens (including phenoxy) is 1. The van der Waals surface area contributed by atoms with Crippen LogP contribution in [0.3, 0.4) is 0 Å². The van der Waals surface area contributed by atoms with Crippen LogP contribution < -0.4 is 5.32 Å². The molecule has 0 radical (unpaired) electrons. The fourth-order valence-corrected chi connectivity index (χ4v) is 2.98. The highest BCUT2D eigenvalue weighted by Crippen LogP contribution is 2.38. The van der Waals surface area contributed by atoms with E-state index in [2.05, 4.69) is 42.0 Å². The van der Waals surface area contributed by atoms with Crippen molar-refractivity contribution in [2.24, 2.45) is 0 Å². The first-order valence-corrected chi connectivity index (χ1v) is 8.04. The average molecular weight is 332 g/mol. The van der Waals surface area contributed by atoms with Crippen molar-refractivity contribution in [3.8, 4) is 0 Å². The molecule has 0 aliphatic heterocycles. The molecule has 1 atom stereocenters. The molecule has 0 aliphatic carbocycles. The molecular formula is C15H26BrNO2. The highest BCUT2D eigenvalue weighted by molar-refractivity contribution is 9.10. The van der Waals surface area contributed by atoms with Gasteiger partial charge in [-0.05, 0) is 54.7 Å². The maximum atomic E-state index is 6.12. The van der Waals surface area contributed by atoms with Crippen LogP contribution in [0.15, 0.2) is 21.2 Å². The summed E-state index contributed by atoms with van der Waals surface area (Å²) in [5.74, 6) is 0.936. The molecule has 0 aliphatic rings. The van der Waals surface area contributed by atoms with Gasteiger partial charge in [0.25, 0.3) is 0 Å². The number of furan rings is 1. The van der Waals surface area contributed by atoms with E-state index in [9.17, 15) is 0 Å². The fourth-order valence-electron chi connectivity index (χ4n) is 2.55. The van der Waals surface area contributed by atoms with Gasteiger partial charge in [0, 0.05) is 6.61 Å². The third-order valence-corrected chi connectivity index (χ3v) is 4.32. The summed E-state index contributed by atoms with van der Waals surface area (Å²) >= 11 is 3.57. The molecule has 0 saturated heterocycles. The Morgan fingerprint density at radius 1 is 1.32 bits per heavy atom. The maximum absolute atomic E-state index is 6.12. The zero-order valence-electron chi connectivity index (χ0n) is 12.5. The van der Waals surface area contributed by atoms with Crippen LogP contribution in [-0.2, 0) is 4.74 Å². The van der Waals surface area contributed by atoms with Gasteiger partial charge in [0.2, 0.25) is 0 Å². The Hall–Kier alpha value is -0.320. The predicted molar refractivity (Wildman–Crippen MR) is 82.4 cm³/mol. The lowest BCUT2D eigenvalue weighted by molar-refractivity contribution is -0.0777. The SMILES string of the molecule is CCCNC(c1occc1Br)C(CC)(CC)OCC. The number of nitrogens with one attached hydrogen (secondary N) is 1. The molecule has 0 saturated carbocycles. The summed E-state index contributed by atoms with van der Waals surface area (Å²) in [6.07, 6.45) is 4.71. The van der Waals surface area contributed by atoms with E-state index >= 15 is 0 Å². The van der Waals surface area contributed by atoms with Crippen LogP contribution >= 0.6 is 15.9 Å². The smallest absolute Gasteiger partial charge is 0.137 e. The van der Waals surface area contributed by atoms with Crippen molar-refractivity contribution in [2.45, 2.75) is 58.6 Å². The molecule has 0 aromatic carbocycles. The van der Waals surface area contributed by atoms with Crippen LogP contribution in [-0.4, -0.2) is 18.8 Å². The highest BCUT2D eigenvalue weighted by atomic mass is 79.9. The monoisotopic (exact) mass is 331 g/mol. The minimum atomic E-state index is -0.218. The van der Waals surface area contributed by atoms with Crippen molar-refractivity contribution < 1.29 is 9.15 Å². The van der Waals surface area contributed by atoms with Crippen LogP contribution in [0.25, 0.3) is 0 Å². The second-order valence-electron chi connectivity index (χ2n) is 4.72. The van der Waals surface area contributed by atoms with Crippen molar-refractivity contribution in [1.29, 1.82) is 0 Å². The first-order valence-electron chi connectivity index (χ1n) is 7.25. The molecule has 1 N–H and O–H groups in total. The molecule has 110 valence electrons.